The summed E-state index contributed by atoms with van der Waals surface area (Å²) < 4.78 is 37.0. The number of fused-ring (bicyclic) bond motifs is 1. The van der Waals surface area contributed by atoms with Gasteiger partial charge in [-0.3, -0.25) is 9.13 Å². The molecule has 1 saturated heterocycles. The fourth-order valence-corrected chi connectivity index (χ4v) is 5.29. The topological polar surface area (TPSA) is 193 Å². The molecule has 0 spiro atoms. The Bertz CT molecular complexity index is 1330. The molecule has 0 radical (unpaired) electrons. The fraction of sp³-hybridized carbons (Fsp3) is 0.476. The van der Waals surface area contributed by atoms with Crippen LogP contribution in [0.5, 0.6) is 5.88 Å². The van der Waals surface area contributed by atoms with Crippen molar-refractivity contribution in [1.29, 1.82) is 0 Å². The standard InChI is InChI=1S/C21H27N8O6P/c1-12(13-8-6-5-7-9-13)35-36(4,31)33-10-14-16(30)21(2,27-28-23)19(34-14)29-11-24-15-17(29)25-20(22)26-18(15)32-3/h5-9,11-12,14,16,19,30H,10H2,1-4H3,(H2,22,25,26)/t12-,14-,16-,19-,21?,36?/m1/s1. The Morgan fingerprint density at radius 3 is 2.78 bits per heavy atom. The average Bonchev–Trinajstić information content (AvgIpc) is 3.36. The lowest BCUT2D eigenvalue weighted by Crippen LogP contribution is -2.42. The van der Waals surface area contributed by atoms with Gasteiger partial charge in [0.2, 0.25) is 11.8 Å². The van der Waals surface area contributed by atoms with Crippen LogP contribution < -0.4 is 10.5 Å². The number of nitrogens with zero attached hydrogens (tertiary/aromatic N) is 7. The second kappa shape index (κ2) is 10.0. The lowest BCUT2D eigenvalue weighted by atomic mass is 9.93. The minimum Gasteiger partial charge on any atom is -0.479 e. The highest BCUT2D eigenvalue weighted by Gasteiger charge is 2.54. The Balaban J connectivity index is 1.57. The number of nitrogen functional groups attached to an aromatic ring is 1. The molecule has 0 saturated carbocycles. The minimum atomic E-state index is -3.55. The van der Waals surface area contributed by atoms with Crippen LogP contribution in [0, 0.1) is 0 Å². The number of benzene rings is 1. The predicted molar refractivity (Wildman–Crippen MR) is 129 cm³/mol. The monoisotopic (exact) mass is 518 g/mol. The number of methoxy groups -OCH3 is 1. The van der Waals surface area contributed by atoms with Gasteiger partial charge in [-0.1, -0.05) is 35.4 Å². The summed E-state index contributed by atoms with van der Waals surface area (Å²) in [4.78, 5) is 15.4. The van der Waals surface area contributed by atoms with E-state index in [-0.39, 0.29) is 24.1 Å². The molecule has 36 heavy (non-hydrogen) atoms. The molecule has 2 unspecified atom stereocenters. The summed E-state index contributed by atoms with van der Waals surface area (Å²) in [6.07, 6.45) is -2.50. The van der Waals surface area contributed by atoms with Crippen molar-refractivity contribution in [3.63, 3.8) is 0 Å². The summed E-state index contributed by atoms with van der Waals surface area (Å²) >= 11 is 0. The van der Waals surface area contributed by atoms with E-state index in [0.717, 1.165) is 5.56 Å². The number of nitrogens with two attached hydrogens (primary N) is 1. The molecule has 1 fully saturated rings. The average molecular weight is 518 g/mol. The summed E-state index contributed by atoms with van der Waals surface area (Å²) in [6.45, 7) is 4.33. The molecule has 0 aliphatic carbocycles. The molecule has 6 atom stereocenters. The zero-order valence-corrected chi connectivity index (χ0v) is 21.0. The van der Waals surface area contributed by atoms with E-state index in [0.29, 0.717) is 5.52 Å². The Morgan fingerprint density at radius 2 is 2.11 bits per heavy atom. The Hall–Kier alpha value is -3.25. The molecule has 3 N–H and O–H groups in total. The van der Waals surface area contributed by atoms with Crippen LogP contribution in [0.2, 0.25) is 0 Å². The lowest BCUT2D eigenvalue weighted by molar-refractivity contribution is -0.0435. The molecule has 4 rings (SSSR count). The fourth-order valence-electron chi connectivity index (χ4n) is 4.11. The van der Waals surface area contributed by atoms with Crippen LogP contribution >= 0.6 is 7.60 Å². The number of hydrogen-bond acceptors (Lipinski definition) is 11. The highest BCUT2D eigenvalue weighted by molar-refractivity contribution is 7.52. The van der Waals surface area contributed by atoms with Crippen LogP contribution in [0.1, 0.15) is 31.7 Å². The third-order valence-corrected chi connectivity index (χ3v) is 7.28. The first-order valence-electron chi connectivity index (χ1n) is 11.0. The largest absolute Gasteiger partial charge is 0.479 e. The molecular weight excluding hydrogens is 491 g/mol. The van der Waals surface area contributed by atoms with Gasteiger partial charge in [0.1, 0.15) is 11.6 Å². The van der Waals surface area contributed by atoms with Crippen LogP contribution in [0.3, 0.4) is 0 Å². The van der Waals surface area contributed by atoms with Crippen molar-refractivity contribution in [2.75, 3.05) is 26.1 Å². The SMILES string of the molecule is COc1nc(N)nc2c1ncn2[C@@H]1O[C@H](COP(C)(=O)O[C@H](C)c2ccccc2)[C@@H](O)C1(C)N=[N+]=[N-]. The molecule has 192 valence electrons. The van der Waals surface area contributed by atoms with Crippen LogP contribution in [0.4, 0.5) is 5.95 Å². The summed E-state index contributed by atoms with van der Waals surface area (Å²) in [6, 6.07) is 9.28. The van der Waals surface area contributed by atoms with Gasteiger partial charge in [0.05, 0.1) is 32.3 Å². The van der Waals surface area contributed by atoms with Crippen molar-refractivity contribution in [2.45, 2.75) is 43.9 Å². The molecule has 1 aliphatic heterocycles. The van der Waals surface area contributed by atoms with Crippen molar-refractivity contribution >= 4 is 24.7 Å². The number of ether oxygens (including phenoxy) is 2. The van der Waals surface area contributed by atoms with Gasteiger partial charge in [0, 0.05) is 11.6 Å². The summed E-state index contributed by atoms with van der Waals surface area (Å²) in [5, 5.41) is 14.9. The van der Waals surface area contributed by atoms with E-state index in [1.165, 1.54) is 31.6 Å². The number of aromatic nitrogens is 4. The molecule has 2 aromatic heterocycles. The maximum atomic E-state index is 13.0. The molecule has 3 heterocycles. The molecule has 14 nitrogen and oxygen atoms in total. The molecule has 15 heteroatoms. The predicted octanol–water partition coefficient (Wildman–Crippen LogP) is 3.36. The van der Waals surface area contributed by atoms with Crippen molar-refractivity contribution in [3.05, 3.63) is 52.7 Å². The normalized spacial score (nSPS) is 26.3. The maximum absolute atomic E-state index is 13.0. The van der Waals surface area contributed by atoms with Crippen LogP contribution in [0.25, 0.3) is 21.6 Å². The highest BCUT2D eigenvalue weighted by Crippen LogP contribution is 2.50. The van der Waals surface area contributed by atoms with E-state index in [1.807, 2.05) is 30.3 Å². The van der Waals surface area contributed by atoms with E-state index in [9.17, 15) is 15.2 Å². The van der Waals surface area contributed by atoms with E-state index < -0.39 is 37.7 Å². The maximum Gasteiger partial charge on any atom is 0.328 e. The number of hydrogen-bond donors (Lipinski definition) is 2. The van der Waals surface area contributed by atoms with Crippen molar-refractivity contribution in [3.8, 4) is 5.88 Å². The van der Waals surface area contributed by atoms with E-state index in [2.05, 4.69) is 25.0 Å². The molecular formula is C21H27N8O6P. The Morgan fingerprint density at radius 1 is 1.39 bits per heavy atom. The quantitative estimate of drug-likeness (QED) is 0.184. The number of anilines is 1. The minimum absolute atomic E-state index is 0.0679. The van der Waals surface area contributed by atoms with E-state index in [4.69, 9.17) is 24.3 Å². The summed E-state index contributed by atoms with van der Waals surface area (Å²) in [5.74, 6) is 0.0818. The smallest absolute Gasteiger partial charge is 0.328 e. The Kier molecular flexibility index (Phi) is 7.19. The van der Waals surface area contributed by atoms with Gasteiger partial charge in [-0.05, 0) is 24.9 Å². The zero-order valence-electron chi connectivity index (χ0n) is 20.1. The van der Waals surface area contributed by atoms with Gasteiger partial charge in [-0.2, -0.15) is 9.97 Å². The van der Waals surface area contributed by atoms with Crippen LogP contribution in [-0.2, 0) is 18.3 Å². The van der Waals surface area contributed by atoms with Gasteiger partial charge in [0.25, 0.3) is 0 Å². The second-order valence-electron chi connectivity index (χ2n) is 8.53. The van der Waals surface area contributed by atoms with E-state index >= 15 is 0 Å². The van der Waals surface area contributed by atoms with Crippen molar-refractivity contribution < 1.29 is 28.2 Å². The first-order valence-corrected chi connectivity index (χ1v) is 13.0. The first-order chi connectivity index (χ1) is 17.1. The van der Waals surface area contributed by atoms with E-state index in [1.54, 1.807) is 6.92 Å². The van der Waals surface area contributed by atoms with Crippen molar-refractivity contribution in [2.24, 2.45) is 5.11 Å². The van der Waals surface area contributed by atoms with Gasteiger partial charge in [-0.25, -0.2) is 4.98 Å². The molecule has 3 aromatic rings. The van der Waals surface area contributed by atoms with Gasteiger partial charge < -0.3 is 29.4 Å². The van der Waals surface area contributed by atoms with Gasteiger partial charge in [-0.15, -0.1) is 0 Å². The van der Waals surface area contributed by atoms with Gasteiger partial charge in [0.15, 0.2) is 17.4 Å². The number of azide groups is 1. The summed E-state index contributed by atoms with van der Waals surface area (Å²) in [5.41, 5.74) is 14.9. The molecule has 0 bridgehead atoms. The Labute approximate surface area is 206 Å². The molecule has 1 aromatic carbocycles. The third kappa shape index (κ3) is 4.87. The lowest BCUT2D eigenvalue weighted by Gasteiger charge is -2.28. The zero-order chi connectivity index (χ0) is 26.1. The van der Waals surface area contributed by atoms with Crippen LogP contribution in [0.15, 0.2) is 41.8 Å². The first kappa shape index (κ1) is 25.8. The molecule has 1 aliphatic rings. The third-order valence-electron chi connectivity index (χ3n) is 5.96. The second-order valence-corrected chi connectivity index (χ2v) is 10.5. The number of aliphatic hydroxyl groups excluding tert-OH is 1. The number of imidazole rings is 1. The van der Waals surface area contributed by atoms with Crippen LogP contribution in [-0.4, -0.2) is 62.8 Å². The number of rotatable bonds is 9. The highest BCUT2D eigenvalue weighted by atomic mass is 31.2. The number of aliphatic hydroxyl groups is 1. The van der Waals surface area contributed by atoms with Gasteiger partial charge >= 0.3 is 7.60 Å². The summed E-state index contributed by atoms with van der Waals surface area (Å²) in [7, 11) is -2.14. The van der Waals surface area contributed by atoms with Crippen molar-refractivity contribution in [1.82, 2.24) is 19.5 Å². The molecule has 0 amide bonds.